The van der Waals surface area contributed by atoms with E-state index in [1.54, 1.807) is 0 Å². The van der Waals surface area contributed by atoms with Gasteiger partial charge in [-0.05, 0) is 50.0 Å². The number of hydrogen-bond acceptors (Lipinski definition) is 2. The van der Waals surface area contributed by atoms with Crippen molar-refractivity contribution in [1.82, 2.24) is 4.90 Å². The number of rotatable bonds is 4. The number of nitrogens with two attached hydrogens (primary N) is 1. The number of benzene rings is 1. The fourth-order valence-electron chi connectivity index (χ4n) is 2.40. The molecule has 16 heavy (non-hydrogen) atoms. The van der Waals surface area contributed by atoms with Crippen molar-refractivity contribution < 1.29 is 4.39 Å². The molecule has 1 aromatic carbocycles. The van der Waals surface area contributed by atoms with E-state index in [0.29, 0.717) is 12.0 Å². The Balaban J connectivity index is 1.91. The third kappa shape index (κ3) is 2.42. The maximum atomic E-state index is 12.7. The zero-order valence-electron chi connectivity index (χ0n) is 9.70. The molecule has 2 atom stereocenters. The Morgan fingerprint density at radius 2 is 2.00 bits per heavy atom. The number of halogens is 1. The van der Waals surface area contributed by atoms with Gasteiger partial charge in [-0.2, -0.15) is 0 Å². The molecule has 0 spiro atoms. The van der Waals surface area contributed by atoms with E-state index < -0.39 is 0 Å². The molecule has 1 aliphatic rings. The van der Waals surface area contributed by atoms with Gasteiger partial charge in [0.15, 0.2) is 0 Å². The van der Waals surface area contributed by atoms with Gasteiger partial charge in [-0.25, -0.2) is 4.39 Å². The fraction of sp³-hybridized carbons (Fsp3) is 0.538. The van der Waals surface area contributed by atoms with Gasteiger partial charge < -0.3 is 5.73 Å². The van der Waals surface area contributed by atoms with Crippen molar-refractivity contribution in [2.75, 3.05) is 13.6 Å². The summed E-state index contributed by atoms with van der Waals surface area (Å²) in [5.74, 6) is 0.473. The van der Waals surface area contributed by atoms with Gasteiger partial charge in [-0.1, -0.05) is 12.1 Å². The summed E-state index contributed by atoms with van der Waals surface area (Å²) in [4.78, 5) is 2.33. The summed E-state index contributed by atoms with van der Waals surface area (Å²) in [6, 6.07) is 7.34. The minimum atomic E-state index is -0.171. The van der Waals surface area contributed by atoms with Crippen molar-refractivity contribution in [3.8, 4) is 0 Å². The van der Waals surface area contributed by atoms with Crippen LogP contribution in [0.15, 0.2) is 24.3 Å². The van der Waals surface area contributed by atoms with E-state index >= 15 is 0 Å². The molecule has 0 saturated heterocycles. The zero-order chi connectivity index (χ0) is 11.5. The van der Waals surface area contributed by atoms with Crippen LogP contribution < -0.4 is 5.73 Å². The van der Waals surface area contributed by atoms with Gasteiger partial charge >= 0.3 is 0 Å². The van der Waals surface area contributed by atoms with Gasteiger partial charge in [0.05, 0.1) is 0 Å². The lowest BCUT2D eigenvalue weighted by atomic mass is 9.78. The highest BCUT2D eigenvalue weighted by molar-refractivity contribution is 5.16. The van der Waals surface area contributed by atoms with Crippen LogP contribution in [0.1, 0.15) is 18.4 Å². The first-order valence-electron chi connectivity index (χ1n) is 5.85. The second-order valence-electron chi connectivity index (χ2n) is 4.68. The molecule has 0 bridgehead atoms. The highest BCUT2D eigenvalue weighted by Crippen LogP contribution is 2.31. The van der Waals surface area contributed by atoms with Gasteiger partial charge in [0.1, 0.15) is 5.82 Å². The van der Waals surface area contributed by atoms with Crippen molar-refractivity contribution in [1.29, 1.82) is 0 Å². The van der Waals surface area contributed by atoms with Crippen LogP contribution in [-0.4, -0.2) is 24.5 Å². The lowest BCUT2D eigenvalue weighted by molar-refractivity contribution is 0.0837. The van der Waals surface area contributed by atoms with Crippen LogP contribution >= 0.6 is 0 Å². The minimum Gasteiger partial charge on any atom is -0.330 e. The van der Waals surface area contributed by atoms with E-state index in [1.165, 1.54) is 25.0 Å². The highest BCUT2D eigenvalue weighted by Gasteiger charge is 2.32. The molecule has 1 fully saturated rings. The van der Waals surface area contributed by atoms with Crippen molar-refractivity contribution >= 4 is 0 Å². The summed E-state index contributed by atoms with van der Waals surface area (Å²) < 4.78 is 12.7. The molecule has 1 aliphatic carbocycles. The first kappa shape index (κ1) is 11.6. The van der Waals surface area contributed by atoms with E-state index in [4.69, 9.17) is 5.73 Å². The SMILES string of the molecule is CN(Cc1ccc(F)cc1)C1CCC1CN. The molecular weight excluding hydrogens is 203 g/mol. The lowest BCUT2D eigenvalue weighted by Crippen LogP contribution is -2.47. The molecule has 1 saturated carbocycles. The highest BCUT2D eigenvalue weighted by atomic mass is 19.1. The van der Waals surface area contributed by atoms with Gasteiger partial charge in [-0.3, -0.25) is 4.90 Å². The molecule has 2 nitrogen and oxygen atoms in total. The van der Waals surface area contributed by atoms with E-state index in [9.17, 15) is 4.39 Å². The van der Waals surface area contributed by atoms with Gasteiger partial charge in [0, 0.05) is 12.6 Å². The summed E-state index contributed by atoms with van der Waals surface area (Å²) >= 11 is 0. The maximum absolute atomic E-state index is 12.7. The Morgan fingerprint density at radius 3 is 2.50 bits per heavy atom. The topological polar surface area (TPSA) is 29.3 Å². The summed E-state index contributed by atoms with van der Waals surface area (Å²) in [5.41, 5.74) is 6.86. The van der Waals surface area contributed by atoms with Crippen molar-refractivity contribution in [3.63, 3.8) is 0 Å². The van der Waals surface area contributed by atoms with E-state index in [1.807, 2.05) is 12.1 Å². The number of nitrogens with zero attached hydrogens (tertiary/aromatic N) is 1. The normalized spacial score (nSPS) is 24.5. The van der Waals surface area contributed by atoms with Crippen LogP contribution in [0.2, 0.25) is 0 Å². The molecule has 0 aliphatic heterocycles. The Bertz CT molecular complexity index is 334. The molecule has 88 valence electrons. The van der Waals surface area contributed by atoms with Crippen LogP contribution in [0.4, 0.5) is 4.39 Å². The first-order valence-corrected chi connectivity index (χ1v) is 5.85. The molecule has 0 heterocycles. The Hall–Kier alpha value is -0.930. The van der Waals surface area contributed by atoms with Crippen LogP contribution in [-0.2, 0) is 6.54 Å². The predicted molar refractivity (Wildman–Crippen MR) is 63.4 cm³/mol. The smallest absolute Gasteiger partial charge is 0.123 e. The summed E-state index contributed by atoms with van der Waals surface area (Å²) in [6.45, 7) is 1.65. The molecule has 3 heteroatoms. The molecule has 2 rings (SSSR count). The lowest BCUT2D eigenvalue weighted by Gasteiger charge is -2.42. The quantitative estimate of drug-likeness (QED) is 0.844. The average Bonchev–Trinajstić information content (AvgIpc) is 2.20. The van der Waals surface area contributed by atoms with Gasteiger partial charge in [0.25, 0.3) is 0 Å². The molecule has 2 N–H and O–H groups in total. The minimum absolute atomic E-state index is 0.171. The van der Waals surface area contributed by atoms with E-state index in [2.05, 4.69) is 11.9 Å². The summed E-state index contributed by atoms with van der Waals surface area (Å²) in [6.07, 6.45) is 2.48. The molecule has 2 unspecified atom stereocenters. The molecule has 0 radical (unpaired) electrons. The van der Waals surface area contributed by atoms with E-state index in [-0.39, 0.29) is 5.82 Å². The maximum Gasteiger partial charge on any atom is 0.123 e. The molecule has 0 aromatic heterocycles. The van der Waals surface area contributed by atoms with Crippen molar-refractivity contribution in [2.45, 2.75) is 25.4 Å². The average molecular weight is 222 g/mol. The van der Waals surface area contributed by atoms with Crippen molar-refractivity contribution in [3.05, 3.63) is 35.6 Å². The Kier molecular flexibility index (Phi) is 3.56. The van der Waals surface area contributed by atoms with Gasteiger partial charge in [-0.15, -0.1) is 0 Å². The molecule has 0 amide bonds. The van der Waals surface area contributed by atoms with Gasteiger partial charge in [0.2, 0.25) is 0 Å². The predicted octanol–water partition coefficient (Wildman–Crippen LogP) is 1.99. The van der Waals surface area contributed by atoms with Crippen molar-refractivity contribution in [2.24, 2.45) is 11.7 Å². The second-order valence-corrected chi connectivity index (χ2v) is 4.68. The summed E-state index contributed by atoms with van der Waals surface area (Å²) in [5, 5.41) is 0. The second kappa shape index (κ2) is 4.93. The Labute approximate surface area is 96.2 Å². The first-order chi connectivity index (χ1) is 7.70. The fourth-order valence-corrected chi connectivity index (χ4v) is 2.40. The van der Waals surface area contributed by atoms with Crippen LogP contribution in [0.5, 0.6) is 0 Å². The Morgan fingerprint density at radius 1 is 1.31 bits per heavy atom. The van der Waals surface area contributed by atoms with Crippen LogP contribution in [0.3, 0.4) is 0 Å². The standard InChI is InChI=1S/C13H19FN2/c1-16(13-7-4-11(13)8-15)9-10-2-5-12(14)6-3-10/h2-3,5-6,11,13H,4,7-9,15H2,1H3. The number of hydrogen-bond donors (Lipinski definition) is 1. The molecule has 1 aromatic rings. The zero-order valence-corrected chi connectivity index (χ0v) is 9.70. The third-order valence-corrected chi connectivity index (χ3v) is 3.59. The third-order valence-electron chi connectivity index (χ3n) is 3.59. The van der Waals surface area contributed by atoms with E-state index in [0.717, 1.165) is 18.7 Å². The summed E-state index contributed by atoms with van der Waals surface area (Å²) in [7, 11) is 2.12. The monoisotopic (exact) mass is 222 g/mol. The van der Waals surface area contributed by atoms with Crippen LogP contribution in [0.25, 0.3) is 0 Å². The largest absolute Gasteiger partial charge is 0.330 e. The van der Waals surface area contributed by atoms with Crippen LogP contribution in [0, 0.1) is 11.7 Å². The molecular formula is C13H19FN2.